The van der Waals surface area contributed by atoms with Gasteiger partial charge in [-0.25, -0.2) is 9.97 Å². The van der Waals surface area contributed by atoms with Gasteiger partial charge in [-0.15, -0.1) is 11.3 Å². The Balaban J connectivity index is 1.82. The van der Waals surface area contributed by atoms with Gasteiger partial charge < -0.3 is 21.5 Å². The fraction of sp³-hybridized carbons (Fsp3) is 0.0400. The van der Waals surface area contributed by atoms with Gasteiger partial charge in [0, 0.05) is 28.3 Å². The zero-order valence-electron chi connectivity index (χ0n) is 18.0. The molecular formula is C25H19N5O3S. The van der Waals surface area contributed by atoms with E-state index in [-0.39, 0.29) is 11.1 Å². The quantitative estimate of drug-likeness (QED) is 0.336. The second kappa shape index (κ2) is 8.45. The molecule has 0 aliphatic heterocycles. The summed E-state index contributed by atoms with van der Waals surface area (Å²) in [7, 11) is 1.57. The summed E-state index contributed by atoms with van der Waals surface area (Å²) in [6.07, 6.45) is 0. The van der Waals surface area contributed by atoms with Crippen LogP contribution in [0.4, 0.5) is 11.4 Å². The van der Waals surface area contributed by atoms with Crippen LogP contribution in [0.25, 0.3) is 32.4 Å². The lowest BCUT2D eigenvalue weighted by molar-refractivity contribution is 0.0993. The lowest BCUT2D eigenvalue weighted by Gasteiger charge is -2.18. The molecule has 0 saturated carbocycles. The Labute approximate surface area is 198 Å². The molecule has 0 atom stereocenters. The largest absolute Gasteiger partial charge is 0.497 e. The number of fused-ring (bicyclic) bond motifs is 2. The number of nitrogens with one attached hydrogen (secondary N) is 1. The number of thiazole rings is 1. The van der Waals surface area contributed by atoms with E-state index in [1.807, 2.05) is 36.4 Å². The van der Waals surface area contributed by atoms with Crippen LogP contribution in [0.5, 0.6) is 5.75 Å². The van der Waals surface area contributed by atoms with Crippen molar-refractivity contribution < 1.29 is 14.3 Å². The van der Waals surface area contributed by atoms with Gasteiger partial charge in [0.1, 0.15) is 5.75 Å². The lowest BCUT2D eigenvalue weighted by atomic mass is 9.98. The molecule has 2 amide bonds. The summed E-state index contributed by atoms with van der Waals surface area (Å²) < 4.78 is 6.28. The second-order valence-electron chi connectivity index (χ2n) is 7.56. The van der Waals surface area contributed by atoms with E-state index >= 15 is 0 Å². The van der Waals surface area contributed by atoms with Gasteiger partial charge in [0.15, 0.2) is 0 Å². The number of anilines is 2. The van der Waals surface area contributed by atoms with Crippen LogP contribution in [-0.4, -0.2) is 28.9 Å². The van der Waals surface area contributed by atoms with Gasteiger partial charge in [-0.3, -0.25) is 9.59 Å². The number of amides is 2. The second-order valence-corrected chi connectivity index (χ2v) is 8.45. The maximum atomic E-state index is 12.8. The molecule has 0 unspecified atom stereocenters. The summed E-state index contributed by atoms with van der Waals surface area (Å²) in [6, 6.07) is 17.8. The zero-order chi connectivity index (χ0) is 23.8. The van der Waals surface area contributed by atoms with E-state index in [0.717, 1.165) is 15.8 Å². The smallest absolute Gasteiger partial charge is 0.253 e. The average molecular weight is 470 g/mol. The number of hydrogen-bond donors (Lipinski definition) is 3. The van der Waals surface area contributed by atoms with Crippen LogP contribution >= 0.6 is 11.3 Å². The zero-order valence-corrected chi connectivity index (χ0v) is 18.8. The maximum Gasteiger partial charge on any atom is 0.253 e. The molecule has 5 aromatic rings. The number of carbonyl (C=O) groups excluding carboxylic acids is 2. The average Bonchev–Trinajstić information content (AvgIpc) is 3.31. The van der Waals surface area contributed by atoms with Gasteiger partial charge in [-0.1, -0.05) is 12.1 Å². The van der Waals surface area contributed by atoms with E-state index in [4.69, 9.17) is 21.2 Å². The molecule has 0 aliphatic carbocycles. The van der Waals surface area contributed by atoms with Crippen molar-refractivity contribution in [3.05, 3.63) is 77.3 Å². The van der Waals surface area contributed by atoms with E-state index < -0.39 is 11.8 Å². The van der Waals surface area contributed by atoms with Crippen LogP contribution in [-0.2, 0) is 0 Å². The fourth-order valence-electron chi connectivity index (χ4n) is 3.84. The summed E-state index contributed by atoms with van der Waals surface area (Å²) in [4.78, 5) is 33.8. The number of primary amides is 2. The monoisotopic (exact) mass is 469 g/mol. The van der Waals surface area contributed by atoms with E-state index in [1.54, 1.807) is 36.9 Å². The van der Waals surface area contributed by atoms with Gasteiger partial charge in [-0.05, 0) is 42.5 Å². The first kappa shape index (κ1) is 21.4. The molecule has 168 valence electrons. The SMILES string of the molecule is COc1cccc(Nc2c(C(N)=O)c(-c3ccc4ncsc4c3)nc3ccc(C(N)=O)cc23)c1. The number of benzene rings is 3. The number of rotatable bonds is 6. The van der Waals surface area contributed by atoms with E-state index in [2.05, 4.69) is 10.3 Å². The van der Waals surface area contributed by atoms with Crippen molar-refractivity contribution in [3.8, 4) is 17.0 Å². The van der Waals surface area contributed by atoms with Gasteiger partial charge in [0.25, 0.3) is 5.91 Å². The highest BCUT2D eigenvalue weighted by Gasteiger charge is 2.22. The minimum Gasteiger partial charge on any atom is -0.497 e. The first-order valence-corrected chi connectivity index (χ1v) is 11.1. The van der Waals surface area contributed by atoms with E-state index in [1.165, 1.54) is 11.3 Å². The summed E-state index contributed by atoms with van der Waals surface area (Å²) >= 11 is 1.49. The van der Waals surface area contributed by atoms with Gasteiger partial charge in [0.05, 0.1) is 45.3 Å². The molecule has 2 heterocycles. The topological polar surface area (TPSA) is 133 Å². The predicted molar refractivity (Wildman–Crippen MR) is 134 cm³/mol. The number of hydrogen-bond acceptors (Lipinski definition) is 7. The minimum atomic E-state index is -0.663. The number of pyridine rings is 1. The highest BCUT2D eigenvalue weighted by Crippen LogP contribution is 2.37. The van der Waals surface area contributed by atoms with Crippen molar-refractivity contribution in [1.29, 1.82) is 0 Å². The summed E-state index contributed by atoms with van der Waals surface area (Å²) in [5, 5.41) is 3.83. The molecule has 0 spiro atoms. The molecule has 8 nitrogen and oxygen atoms in total. The molecule has 0 radical (unpaired) electrons. The van der Waals surface area contributed by atoms with Crippen LogP contribution in [0.3, 0.4) is 0 Å². The van der Waals surface area contributed by atoms with Crippen LogP contribution in [0.2, 0.25) is 0 Å². The number of carbonyl (C=O) groups is 2. The van der Waals surface area contributed by atoms with Crippen LogP contribution in [0, 0.1) is 0 Å². The first-order valence-electron chi connectivity index (χ1n) is 10.3. The number of nitrogens with zero attached hydrogens (tertiary/aromatic N) is 2. The highest BCUT2D eigenvalue weighted by molar-refractivity contribution is 7.16. The molecule has 3 aromatic carbocycles. The predicted octanol–water partition coefficient (Wildman–Crippen LogP) is 4.46. The van der Waals surface area contributed by atoms with Crippen molar-refractivity contribution in [2.45, 2.75) is 0 Å². The van der Waals surface area contributed by atoms with Crippen molar-refractivity contribution in [2.75, 3.05) is 12.4 Å². The fourth-order valence-corrected chi connectivity index (χ4v) is 4.56. The lowest BCUT2D eigenvalue weighted by Crippen LogP contribution is -2.17. The molecule has 0 fully saturated rings. The van der Waals surface area contributed by atoms with Crippen LogP contribution in [0.15, 0.2) is 66.2 Å². The van der Waals surface area contributed by atoms with Crippen molar-refractivity contribution >= 4 is 55.6 Å². The van der Waals surface area contributed by atoms with Crippen molar-refractivity contribution in [3.63, 3.8) is 0 Å². The number of ether oxygens (including phenoxy) is 1. The maximum absolute atomic E-state index is 12.8. The summed E-state index contributed by atoms with van der Waals surface area (Å²) in [5.74, 6) is -0.615. The van der Waals surface area contributed by atoms with Crippen molar-refractivity contribution in [1.82, 2.24) is 9.97 Å². The van der Waals surface area contributed by atoms with Gasteiger partial charge in [0.2, 0.25) is 5.91 Å². The third-order valence-electron chi connectivity index (χ3n) is 5.46. The molecule has 5 N–H and O–H groups in total. The minimum absolute atomic E-state index is 0.195. The Hall–Kier alpha value is -4.50. The third-order valence-corrected chi connectivity index (χ3v) is 6.25. The Bertz CT molecular complexity index is 1590. The van der Waals surface area contributed by atoms with E-state index in [9.17, 15) is 9.59 Å². The molecule has 9 heteroatoms. The molecule has 0 saturated heterocycles. The number of methoxy groups -OCH3 is 1. The normalized spacial score (nSPS) is 11.0. The molecular weight excluding hydrogens is 450 g/mol. The first-order chi connectivity index (χ1) is 16.4. The number of aromatic nitrogens is 2. The molecule has 0 bridgehead atoms. The Morgan fingerprint density at radius 1 is 0.971 bits per heavy atom. The molecule has 0 aliphatic rings. The molecule has 2 aromatic heterocycles. The summed E-state index contributed by atoms with van der Waals surface area (Å²) in [5.41, 5.74) is 17.3. The standard InChI is InChI=1S/C25H19N5O3S/c1-33-16-4-2-3-15(11-16)29-23-17-9-14(24(26)31)6-7-18(17)30-22(21(23)25(27)32)13-5-8-19-20(10-13)34-12-28-19/h2-12H,1H3,(H2,26,31)(H2,27,32)(H,29,30). The molecule has 34 heavy (non-hydrogen) atoms. The van der Waals surface area contributed by atoms with Crippen molar-refractivity contribution in [2.24, 2.45) is 11.5 Å². The van der Waals surface area contributed by atoms with Gasteiger partial charge >= 0.3 is 0 Å². The Morgan fingerprint density at radius 2 is 1.79 bits per heavy atom. The Morgan fingerprint density at radius 3 is 2.56 bits per heavy atom. The third kappa shape index (κ3) is 3.78. The summed E-state index contributed by atoms with van der Waals surface area (Å²) in [6.45, 7) is 0. The van der Waals surface area contributed by atoms with Crippen LogP contribution in [0.1, 0.15) is 20.7 Å². The highest BCUT2D eigenvalue weighted by atomic mass is 32.1. The van der Waals surface area contributed by atoms with Crippen LogP contribution < -0.4 is 21.5 Å². The Kier molecular flexibility index (Phi) is 5.31. The van der Waals surface area contributed by atoms with E-state index in [0.29, 0.717) is 33.7 Å². The molecule has 5 rings (SSSR count). The van der Waals surface area contributed by atoms with Gasteiger partial charge in [-0.2, -0.15) is 0 Å². The number of nitrogens with two attached hydrogens (primary N) is 2.